The van der Waals surface area contributed by atoms with Crippen LogP contribution in [0.3, 0.4) is 0 Å². The molecule has 0 aliphatic heterocycles. The molecule has 0 saturated heterocycles. The van der Waals surface area contributed by atoms with Gasteiger partial charge in [-0.1, -0.05) is 0 Å². The van der Waals surface area contributed by atoms with Crippen LogP contribution in [0.25, 0.3) is 0 Å². The van der Waals surface area contributed by atoms with Crippen molar-refractivity contribution >= 4 is 17.1 Å². The first-order valence-corrected chi connectivity index (χ1v) is 6.97. The fourth-order valence-corrected chi connectivity index (χ4v) is 3.13. The van der Waals surface area contributed by atoms with E-state index < -0.39 is 0 Å². The molecule has 88 valence electrons. The van der Waals surface area contributed by atoms with Gasteiger partial charge in [0.1, 0.15) is 5.78 Å². The molecule has 1 heterocycles. The van der Waals surface area contributed by atoms with E-state index in [1.54, 1.807) is 11.3 Å². The summed E-state index contributed by atoms with van der Waals surface area (Å²) in [6.45, 7) is 0.783. The molecule has 2 rings (SSSR count). The highest BCUT2D eigenvalue weighted by atomic mass is 32.1. The number of nitrogens with two attached hydrogens (primary N) is 1. The lowest BCUT2D eigenvalue weighted by atomic mass is 9.79. The molecule has 0 spiro atoms. The number of hydrogen-bond acceptors (Lipinski definition) is 3. The molecule has 0 bridgehead atoms. The van der Waals surface area contributed by atoms with Gasteiger partial charge in [-0.15, -0.1) is 0 Å². The third kappa shape index (κ3) is 2.92. The highest BCUT2D eigenvalue weighted by Gasteiger charge is 2.25. The summed E-state index contributed by atoms with van der Waals surface area (Å²) in [5, 5.41) is 4.11. The molecule has 1 aliphatic carbocycles. The van der Waals surface area contributed by atoms with Crippen molar-refractivity contribution in [3.05, 3.63) is 22.4 Å². The van der Waals surface area contributed by atoms with Crippen LogP contribution in [0.4, 0.5) is 0 Å². The Morgan fingerprint density at radius 3 is 2.69 bits per heavy atom. The van der Waals surface area contributed by atoms with Crippen molar-refractivity contribution in [1.82, 2.24) is 0 Å². The zero-order valence-electron chi connectivity index (χ0n) is 9.52. The Kier molecular flexibility index (Phi) is 4.13. The second-order valence-corrected chi connectivity index (χ2v) is 5.51. The number of carbonyl (C=O) groups is 1. The smallest absolute Gasteiger partial charge is 0.140 e. The van der Waals surface area contributed by atoms with Crippen molar-refractivity contribution in [2.75, 3.05) is 6.54 Å². The largest absolute Gasteiger partial charge is 0.330 e. The normalized spacial score (nSPS) is 25.6. The van der Waals surface area contributed by atoms with Gasteiger partial charge in [0.15, 0.2) is 0 Å². The Hall–Kier alpha value is -0.670. The maximum atomic E-state index is 12.0. The van der Waals surface area contributed by atoms with Crippen LogP contribution < -0.4 is 5.73 Å². The topological polar surface area (TPSA) is 43.1 Å². The molecule has 2 nitrogen and oxygen atoms in total. The summed E-state index contributed by atoms with van der Waals surface area (Å²) in [7, 11) is 0. The van der Waals surface area contributed by atoms with Crippen molar-refractivity contribution in [2.45, 2.75) is 32.1 Å². The van der Waals surface area contributed by atoms with Gasteiger partial charge < -0.3 is 5.73 Å². The molecule has 1 aromatic heterocycles. The van der Waals surface area contributed by atoms with E-state index in [2.05, 4.69) is 5.38 Å². The quantitative estimate of drug-likeness (QED) is 0.874. The summed E-state index contributed by atoms with van der Waals surface area (Å²) < 4.78 is 0. The first-order valence-electron chi connectivity index (χ1n) is 6.03. The standard InChI is InChI=1S/C13H19NOS/c14-8-10-1-3-12(4-2-10)13(15)7-11-5-6-16-9-11/h5-6,9-10,12H,1-4,7-8,14H2. The summed E-state index contributed by atoms with van der Waals surface area (Å²) >= 11 is 1.66. The zero-order valence-corrected chi connectivity index (χ0v) is 10.3. The molecule has 3 heteroatoms. The lowest BCUT2D eigenvalue weighted by Gasteiger charge is -2.26. The number of thiophene rings is 1. The van der Waals surface area contributed by atoms with Crippen LogP contribution in [0.2, 0.25) is 0 Å². The first-order chi connectivity index (χ1) is 7.79. The van der Waals surface area contributed by atoms with Crippen LogP contribution in [-0.2, 0) is 11.2 Å². The summed E-state index contributed by atoms with van der Waals surface area (Å²) in [5.41, 5.74) is 6.83. The van der Waals surface area contributed by atoms with Crippen molar-refractivity contribution in [3.63, 3.8) is 0 Å². The lowest BCUT2D eigenvalue weighted by molar-refractivity contribution is -0.123. The zero-order chi connectivity index (χ0) is 11.4. The van der Waals surface area contributed by atoms with Gasteiger partial charge in [0.25, 0.3) is 0 Å². The van der Waals surface area contributed by atoms with Crippen LogP contribution in [0.5, 0.6) is 0 Å². The molecule has 2 N–H and O–H groups in total. The third-order valence-electron chi connectivity index (χ3n) is 3.59. The Labute approximate surface area is 101 Å². The molecular weight excluding hydrogens is 218 g/mol. The Balaban J connectivity index is 1.82. The van der Waals surface area contributed by atoms with Crippen LogP contribution in [0.15, 0.2) is 16.8 Å². The van der Waals surface area contributed by atoms with Crippen LogP contribution in [0.1, 0.15) is 31.2 Å². The van der Waals surface area contributed by atoms with Crippen molar-refractivity contribution < 1.29 is 4.79 Å². The van der Waals surface area contributed by atoms with E-state index >= 15 is 0 Å². The molecule has 16 heavy (non-hydrogen) atoms. The molecule has 1 saturated carbocycles. The number of Topliss-reactive ketones (excluding diaryl/α,β-unsaturated/α-hetero) is 1. The van der Waals surface area contributed by atoms with Gasteiger partial charge in [-0.2, -0.15) is 11.3 Å². The molecule has 1 fully saturated rings. The summed E-state index contributed by atoms with van der Waals surface area (Å²) in [4.78, 5) is 12.0. The molecular formula is C13H19NOS. The van der Waals surface area contributed by atoms with E-state index in [9.17, 15) is 4.79 Å². The number of hydrogen-bond donors (Lipinski definition) is 1. The molecule has 1 aliphatic rings. The van der Waals surface area contributed by atoms with Crippen molar-refractivity contribution in [1.29, 1.82) is 0 Å². The van der Waals surface area contributed by atoms with E-state index in [0.717, 1.165) is 32.2 Å². The van der Waals surface area contributed by atoms with E-state index in [1.165, 1.54) is 5.56 Å². The summed E-state index contributed by atoms with van der Waals surface area (Å²) in [6, 6.07) is 2.05. The first kappa shape index (κ1) is 11.8. The predicted molar refractivity (Wildman–Crippen MR) is 67.5 cm³/mol. The molecule has 0 unspecified atom stereocenters. The minimum absolute atomic E-state index is 0.294. The summed E-state index contributed by atoms with van der Waals surface area (Å²) in [5.74, 6) is 1.38. The lowest BCUT2D eigenvalue weighted by Crippen LogP contribution is -2.26. The van der Waals surface area contributed by atoms with Gasteiger partial charge in [-0.3, -0.25) is 4.79 Å². The van der Waals surface area contributed by atoms with E-state index in [1.807, 2.05) is 11.4 Å². The van der Waals surface area contributed by atoms with Crippen LogP contribution >= 0.6 is 11.3 Å². The average molecular weight is 237 g/mol. The van der Waals surface area contributed by atoms with Gasteiger partial charge >= 0.3 is 0 Å². The predicted octanol–water partition coefficient (Wildman–Crippen LogP) is 2.62. The fourth-order valence-electron chi connectivity index (χ4n) is 2.46. The van der Waals surface area contributed by atoms with E-state index in [-0.39, 0.29) is 0 Å². The minimum atomic E-state index is 0.294. The monoisotopic (exact) mass is 237 g/mol. The summed E-state index contributed by atoms with van der Waals surface area (Å²) in [6.07, 6.45) is 4.99. The van der Waals surface area contributed by atoms with Crippen molar-refractivity contribution in [3.8, 4) is 0 Å². The fraction of sp³-hybridized carbons (Fsp3) is 0.615. The molecule has 0 amide bonds. The second-order valence-electron chi connectivity index (χ2n) is 4.73. The highest BCUT2D eigenvalue weighted by molar-refractivity contribution is 7.07. The third-order valence-corrected chi connectivity index (χ3v) is 4.33. The molecule has 0 radical (unpaired) electrons. The van der Waals surface area contributed by atoms with E-state index in [4.69, 9.17) is 5.73 Å². The molecule has 0 aromatic carbocycles. The number of carbonyl (C=O) groups excluding carboxylic acids is 1. The maximum absolute atomic E-state index is 12.0. The molecule has 1 aromatic rings. The van der Waals surface area contributed by atoms with Crippen LogP contribution in [0, 0.1) is 11.8 Å². The molecule has 0 atom stereocenters. The number of rotatable bonds is 4. The average Bonchev–Trinajstić information content (AvgIpc) is 2.82. The Bertz CT molecular complexity index is 326. The highest BCUT2D eigenvalue weighted by Crippen LogP contribution is 2.29. The van der Waals surface area contributed by atoms with Gasteiger partial charge in [-0.05, 0) is 60.5 Å². The number of ketones is 1. The minimum Gasteiger partial charge on any atom is -0.330 e. The maximum Gasteiger partial charge on any atom is 0.140 e. The Morgan fingerprint density at radius 2 is 2.12 bits per heavy atom. The van der Waals surface area contributed by atoms with Crippen molar-refractivity contribution in [2.24, 2.45) is 17.6 Å². The van der Waals surface area contributed by atoms with E-state index in [0.29, 0.717) is 24.0 Å². The SMILES string of the molecule is NCC1CCC(C(=O)Cc2ccsc2)CC1. The second kappa shape index (κ2) is 5.60. The van der Waals surface area contributed by atoms with Gasteiger partial charge in [-0.25, -0.2) is 0 Å². The van der Waals surface area contributed by atoms with Crippen LogP contribution in [-0.4, -0.2) is 12.3 Å². The van der Waals surface area contributed by atoms with Gasteiger partial charge in [0.2, 0.25) is 0 Å². The Morgan fingerprint density at radius 1 is 1.38 bits per heavy atom. The van der Waals surface area contributed by atoms with Gasteiger partial charge in [0, 0.05) is 12.3 Å². The van der Waals surface area contributed by atoms with Gasteiger partial charge in [0.05, 0.1) is 0 Å².